The summed E-state index contributed by atoms with van der Waals surface area (Å²) < 4.78 is 13.7. The lowest BCUT2D eigenvalue weighted by Crippen LogP contribution is -2.24. The quantitative estimate of drug-likeness (QED) is 0.861. The third-order valence-electron chi connectivity index (χ3n) is 3.67. The molecule has 4 nitrogen and oxygen atoms in total. The van der Waals surface area contributed by atoms with Gasteiger partial charge in [0.2, 0.25) is 0 Å². The van der Waals surface area contributed by atoms with Crippen LogP contribution >= 0.6 is 0 Å². The van der Waals surface area contributed by atoms with E-state index in [-0.39, 0.29) is 11.9 Å². The van der Waals surface area contributed by atoms with Gasteiger partial charge < -0.3 is 0 Å². The molecule has 1 fully saturated rings. The Kier molecular flexibility index (Phi) is 3.69. The minimum atomic E-state index is -0.242. The van der Waals surface area contributed by atoms with Crippen LogP contribution in [0.2, 0.25) is 0 Å². The highest BCUT2D eigenvalue weighted by molar-refractivity contribution is 5.11. The molecule has 1 saturated heterocycles. The molecule has 1 aliphatic rings. The summed E-state index contributed by atoms with van der Waals surface area (Å²) >= 11 is 0. The molecule has 0 saturated carbocycles. The van der Waals surface area contributed by atoms with Gasteiger partial charge in [-0.05, 0) is 38.4 Å². The fraction of sp³-hybridized carbons (Fsp3) is 0.400. The summed E-state index contributed by atoms with van der Waals surface area (Å²) in [5.41, 5.74) is 2.39. The standard InChI is InChI=1S/C15H17FN4/c1-11-8-17-9-13(19-11)15-5-3-7-20(15)10-14-12(16)4-2-6-18-14/h2,4,6,8-9,15H,3,5,7,10H2,1H3/t15-/m1/s1. The molecule has 104 valence electrons. The molecule has 1 atom stereocenters. The predicted molar refractivity (Wildman–Crippen MR) is 73.3 cm³/mol. The summed E-state index contributed by atoms with van der Waals surface area (Å²) in [6.07, 6.45) is 7.32. The van der Waals surface area contributed by atoms with Gasteiger partial charge in [-0.3, -0.25) is 19.9 Å². The average Bonchev–Trinajstić information content (AvgIpc) is 2.90. The number of halogens is 1. The van der Waals surface area contributed by atoms with Crippen LogP contribution in [0.1, 0.15) is 36.0 Å². The predicted octanol–water partition coefficient (Wildman–Crippen LogP) is 2.66. The van der Waals surface area contributed by atoms with Crippen LogP contribution in [-0.2, 0) is 6.54 Å². The number of rotatable bonds is 3. The van der Waals surface area contributed by atoms with Crippen molar-refractivity contribution in [2.45, 2.75) is 32.4 Å². The number of aromatic nitrogens is 3. The zero-order valence-electron chi connectivity index (χ0n) is 11.5. The zero-order valence-corrected chi connectivity index (χ0v) is 11.5. The molecule has 2 aromatic heterocycles. The van der Waals surface area contributed by atoms with E-state index in [2.05, 4.69) is 19.9 Å². The Morgan fingerprint density at radius 2 is 2.30 bits per heavy atom. The maximum absolute atomic E-state index is 13.7. The lowest BCUT2D eigenvalue weighted by molar-refractivity contribution is 0.237. The van der Waals surface area contributed by atoms with E-state index in [1.165, 1.54) is 6.07 Å². The molecule has 0 aliphatic carbocycles. The van der Waals surface area contributed by atoms with E-state index in [9.17, 15) is 4.39 Å². The van der Waals surface area contributed by atoms with Crippen molar-refractivity contribution in [2.75, 3.05) is 6.54 Å². The molecule has 1 aliphatic heterocycles. The van der Waals surface area contributed by atoms with E-state index in [0.717, 1.165) is 30.8 Å². The molecule has 0 amide bonds. The molecule has 0 radical (unpaired) electrons. The van der Waals surface area contributed by atoms with Crippen LogP contribution in [0.25, 0.3) is 0 Å². The van der Waals surface area contributed by atoms with E-state index in [4.69, 9.17) is 0 Å². The Labute approximate surface area is 117 Å². The first-order chi connectivity index (χ1) is 9.74. The van der Waals surface area contributed by atoms with Gasteiger partial charge in [0.05, 0.1) is 23.1 Å². The van der Waals surface area contributed by atoms with Gasteiger partial charge in [-0.25, -0.2) is 4.39 Å². The molecular formula is C15H17FN4. The van der Waals surface area contributed by atoms with E-state index in [0.29, 0.717) is 12.2 Å². The molecular weight excluding hydrogens is 255 g/mol. The van der Waals surface area contributed by atoms with Crippen LogP contribution in [0.4, 0.5) is 4.39 Å². The highest BCUT2D eigenvalue weighted by Gasteiger charge is 2.28. The van der Waals surface area contributed by atoms with E-state index in [1.54, 1.807) is 18.5 Å². The smallest absolute Gasteiger partial charge is 0.146 e. The Morgan fingerprint density at radius 1 is 1.40 bits per heavy atom. The van der Waals surface area contributed by atoms with Crippen LogP contribution in [0.15, 0.2) is 30.7 Å². The number of nitrogens with zero attached hydrogens (tertiary/aromatic N) is 4. The molecule has 3 heterocycles. The van der Waals surface area contributed by atoms with Crippen LogP contribution in [0.5, 0.6) is 0 Å². The number of aryl methyl sites for hydroxylation is 1. The van der Waals surface area contributed by atoms with Gasteiger partial charge in [-0.15, -0.1) is 0 Å². The first kappa shape index (κ1) is 13.1. The number of hydrogen-bond donors (Lipinski definition) is 0. The van der Waals surface area contributed by atoms with E-state index < -0.39 is 0 Å². The number of pyridine rings is 1. The highest BCUT2D eigenvalue weighted by atomic mass is 19.1. The zero-order chi connectivity index (χ0) is 13.9. The molecule has 0 spiro atoms. The molecule has 0 aromatic carbocycles. The summed E-state index contributed by atoms with van der Waals surface area (Å²) in [5.74, 6) is -0.242. The van der Waals surface area contributed by atoms with Gasteiger partial charge in [0.1, 0.15) is 5.82 Å². The fourth-order valence-electron chi connectivity index (χ4n) is 2.72. The van der Waals surface area contributed by atoms with Crippen LogP contribution in [-0.4, -0.2) is 26.4 Å². The summed E-state index contributed by atoms with van der Waals surface area (Å²) in [5, 5.41) is 0. The van der Waals surface area contributed by atoms with E-state index >= 15 is 0 Å². The van der Waals surface area contributed by atoms with E-state index in [1.807, 2.05) is 13.1 Å². The van der Waals surface area contributed by atoms with Crippen LogP contribution < -0.4 is 0 Å². The molecule has 0 unspecified atom stereocenters. The van der Waals surface area contributed by atoms with Gasteiger partial charge in [0, 0.05) is 25.1 Å². The van der Waals surface area contributed by atoms with Crippen molar-refractivity contribution in [3.8, 4) is 0 Å². The Bertz CT molecular complexity index is 602. The maximum atomic E-state index is 13.7. The Morgan fingerprint density at radius 3 is 3.10 bits per heavy atom. The summed E-state index contributed by atoms with van der Waals surface area (Å²) in [6, 6.07) is 3.29. The third-order valence-corrected chi connectivity index (χ3v) is 3.67. The Balaban J connectivity index is 1.81. The molecule has 0 bridgehead atoms. The van der Waals surface area contributed by atoms with Crippen molar-refractivity contribution in [2.24, 2.45) is 0 Å². The number of hydrogen-bond acceptors (Lipinski definition) is 4. The topological polar surface area (TPSA) is 41.9 Å². The molecule has 3 rings (SSSR count). The van der Waals surface area contributed by atoms with Gasteiger partial charge in [0.15, 0.2) is 0 Å². The lowest BCUT2D eigenvalue weighted by atomic mass is 10.1. The van der Waals surface area contributed by atoms with Crippen molar-refractivity contribution >= 4 is 0 Å². The van der Waals surface area contributed by atoms with Crippen LogP contribution in [0.3, 0.4) is 0 Å². The van der Waals surface area contributed by atoms with Gasteiger partial charge in [-0.2, -0.15) is 0 Å². The minimum absolute atomic E-state index is 0.212. The van der Waals surface area contributed by atoms with Crippen molar-refractivity contribution < 1.29 is 4.39 Å². The summed E-state index contributed by atoms with van der Waals surface area (Å²) in [7, 11) is 0. The molecule has 0 N–H and O–H groups in total. The highest BCUT2D eigenvalue weighted by Crippen LogP contribution is 2.31. The second-order valence-corrected chi connectivity index (χ2v) is 5.15. The molecule has 5 heteroatoms. The third kappa shape index (κ3) is 2.67. The second kappa shape index (κ2) is 5.63. The van der Waals surface area contributed by atoms with Gasteiger partial charge in [-0.1, -0.05) is 0 Å². The first-order valence-electron chi connectivity index (χ1n) is 6.86. The monoisotopic (exact) mass is 272 g/mol. The summed E-state index contributed by atoms with van der Waals surface area (Å²) in [6.45, 7) is 3.40. The molecule has 20 heavy (non-hydrogen) atoms. The minimum Gasteiger partial charge on any atom is -0.289 e. The normalized spacial score (nSPS) is 19.4. The van der Waals surface area contributed by atoms with Crippen molar-refractivity contribution in [3.63, 3.8) is 0 Å². The maximum Gasteiger partial charge on any atom is 0.146 e. The van der Waals surface area contributed by atoms with Crippen molar-refractivity contribution in [3.05, 3.63) is 53.6 Å². The molecule has 2 aromatic rings. The Hall–Kier alpha value is -1.88. The van der Waals surface area contributed by atoms with Crippen molar-refractivity contribution in [1.82, 2.24) is 19.9 Å². The second-order valence-electron chi connectivity index (χ2n) is 5.15. The van der Waals surface area contributed by atoms with Crippen molar-refractivity contribution in [1.29, 1.82) is 0 Å². The lowest BCUT2D eigenvalue weighted by Gasteiger charge is -2.23. The average molecular weight is 272 g/mol. The SMILES string of the molecule is Cc1cncc([C@H]2CCCN2Cc2ncccc2F)n1. The fourth-order valence-corrected chi connectivity index (χ4v) is 2.72. The number of likely N-dealkylation sites (tertiary alicyclic amines) is 1. The largest absolute Gasteiger partial charge is 0.289 e. The summed E-state index contributed by atoms with van der Waals surface area (Å²) in [4.78, 5) is 15.1. The first-order valence-corrected chi connectivity index (χ1v) is 6.86. The van der Waals surface area contributed by atoms with Gasteiger partial charge >= 0.3 is 0 Å². The van der Waals surface area contributed by atoms with Crippen LogP contribution in [0, 0.1) is 12.7 Å². The van der Waals surface area contributed by atoms with Gasteiger partial charge in [0.25, 0.3) is 0 Å².